The number of carbonyl (C=O) groups is 2. The van der Waals surface area contributed by atoms with E-state index in [0.717, 1.165) is 23.8 Å². The second-order valence-corrected chi connectivity index (χ2v) is 7.64. The van der Waals surface area contributed by atoms with E-state index < -0.39 is 17.7 Å². The molecule has 0 spiro atoms. The molecule has 1 fully saturated rings. The minimum Gasteiger partial charge on any atom is -0.550 e. The summed E-state index contributed by atoms with van der Waals surface area (Å²) in [7, 11) is 0. The Morgan fingerprint density at radius 2 is 1.97 bits per heavy atom. The molecule has 1 aliphatic carbocycles. The molecule has 0 unspecified atom stereocenters. The smallest absolute Gasteiger partial charge is 0.336 e. The third-order valence-corrected chi connectivity index (χ3v) is 5.61. The van der Waals surface area contributed by atoms with E-state index >= 15 is 0 Å². The van der Waals surface area contributed by atoms with Crippen molar-refractivity contribution >= 4 is 22.8 Å². The van der Waals surface area contributed by atoms with Gasteiger partial charge in [0.1, 0.15) is 11.3 Å². The number of aliphatic carboxylic acids is 1. The number of aryl methyl sites for hydroxylation is 1. The lowest BCUT2D eigenvalue weighted by Gasteiger charge is -2.29. The summed E-state index contributed by atoms with van der Waals surface area (Å²) in [6, 6.07) is 6.69. The fraction of sp³-hybridized carbons (Fsp3) is 0.500. The molecule has 0 bridgehead atoms. The average molecular weight is 400 g/mol. The number of amides is 1. The predicted molar refractivity (Wildman–Crippen MR) is 105 cm³/mol. The number of hydrogen-bond donors (Lipinski definition) is 1. The van der Waals surface area contributed by atoms with Crippen LogP contribution >= 0.6 is 0 Å². The first-order chi connectivity index (χ1) is 13.9. The summed E-state index contributed by atoms with van der Waals surface area (Å²) < 4.78 is 11.0. The van der Waals surface area contributed by atoms with Crippen molar-refractivity contribution in [3.63, 3.8) is 0 Å². The lowest BCUT2D eigenvalue weighted by atomic mass is 9.82. The number of fused-ring (bicyclic) bond motifs is 1. The van der Waals surface area contributed by atoms with Crippen LogP contribution in [0.15, 0.2) is 33.5 Å². The molecule has 0 radical (unpaired) electrons. The van der Waals surface area contributed by atoms with Crippen molar-refractivity contribution in [3.05, 3.63) is 40.2 Å². The van der Waals surface area contributed by atoms with Crippen molar-refractivity contribution < 1.29 is 23.8 Å². The monoisotopic (exact) mass is 400 g/mol. The van der Waals surface area contributed by atoms with Gasteiger partial charge in [0, 0.05) is 30.0 Å². The predicted octanol–water partition coefficient (Wildman–Crippen LogP) is 1.80. The lowest BCUT2D eigenvalue weighted by molar-refractivity contribution is -0.312. The van der Waals surface area contributed by atoms with E-state index in [2.05, 4.69) is 5.32 Å². The van der Waals surface area contributed by atoms with Gasteiger partial charge in [0.2, 0.25) is 0 Å². The highest BCUT2D eigenvalue weighted by molar-refractivity contribution is 5.83. The van der Waals surface area contributed by atoms with Gasteiger partial charge in [0.05, 0.1) is 0 Å². The molecule has 1 saturated carbocycles. The molecule has 3 rings (SSSR count). The van der Waals surface area contributed by atoms with Gasteiger partial charge in [-0.2, -0.15) is 0 Å². The second-order valence-electron chi connectivity index (χ2n) is 7.64. The number of rotatable bonds is 7. The standard InChI is InChI=1S/C22H27NO6/c1-3-15-10-20(24)29-19-11-17(8-9-18(15)19)28-13(2)21(25)23-12-14-4-6-16(7-5-14)22(26)27/h8-11,13-14,16H,3-7,12H2,1-2H3,(H,23,25)(H,26,27)/p-1/t13-,14?,16?/m0/s1. The number of carboxylic acid groups (broad SMARTS) is 1. The van der Waals surface area contributed by atoms with Crippen molar-refractivity contribution in [2.75, 3.05) is 6.54 Å². The quantitative estimate of drug-likeness (QED) is 0.710. The van der Waals surface area contributed by atoms with Crippen LogP contribution < -0.4 is 20.8 Å². The van der Waals surface area contributed by atoms with Crippen LogP contribution in [-0.4, -0.2) is 24.5 Å². The van der Waals surface area contributed by atoms with Gasteiger partial charge in [-0.3, -0.25) is 4.79 Å². The zero-order valence-corrected chi connectivity index (χ0v) is 16.7. The molecular weight excluding hydrogens is 374 g/mol. The number of nitrogens with one attached hydrogen (secondary N) is 1. The van der Waals surface area contributed by atoms with Crippen LogP contribution in [0.25, 0.3) is 11.0 Å². The summed E-state index contributed by atoms with van der Waals surface area (Å²) in [4.78, 5) is 35.0. The Morgan fingerprint density at radius 1 is 1.24 bits per heavy atom. The Morgan fingerprint density at radius 3 is 2.62 bits per heavy atom. The van der Waals surface area contributed by atoms with Crippen molar-refractivity contribution in [3.8, 4) is 5.75 Å². The van der Waals surface area contributed by atoms with Gasteiger partial charge in [-0.1, -0.05) is 6.92 Å². The Balaban J connectivity index is 1.55. The summed E-state index contributed by atoms with van der Waals surface area (Å²) in [6.45, 7) is 4.12. The molecule has 2 aromatic rings. The molecule has 29 heavy (non-hydrogen) atoms. The number of hydrogen-bond acceptors (Lipinski definition) is 6. The molecule has 1 aliphatic rings. The van der Waals surface area contributed by atoms with E-state index in [1.54, 1.807) is 19.1 Å². The maximum atomic E-state index is 12.4. The molecule has 7 nitrogen and oxygen atoms in total. The molecule has 0 saturated heterocycles. The highest BCUT2D eigenvalue weighted by Gasteiger charge is 2.23. The third-order valence-electron chi connectivity index (χ3n) is 5.61. The Bertz CT molecular complexity index is 942. The number of ether oxygens (including phenoxy) is 1. The highest BCUT2D eigenvalue weighted by Crippen LogP contribution is 2.28. The minimum atomic E-state index is -0.980. The van der Waals surface area contributed by atoms with E-state index in [-0.39, 0.29) is 17.7 Å². The second kappa shape index (κ2) is 9.11. The lowest BCUT2D eigenvalue weighted by Crippen LogP contribution is -2.40. The summed E-state index contributed by atoms with van der Waals surface area (Å²) >= 11 is 0. The van der Waals surface area contributed by atoms with E-state index in [1.165, 1.54) is 6.07 Å². The van der Waals surface area contributed by atoms with E-state index in [9.17, 15) is 19.5 Å². The van der Waals surface area contributed by atoms with Crippen LogP contribution in [0.3, 0.4) is 0 Å². The zero-order valence-electron chi connectivity index (χ0n) is 16.7. The molecular formula is C22H26NO6-. The molecule has 1 aromatic carbocycles. The van der Waals surface area contributed by atoms with Crippen molar-refractivity contribution in [2.45, 2.75) is 52.1 Å². The van der Waals surface area contributed by atoms with Gasteiger partial charge in [0.25, 0.3) is 5.91 Å². The zero-order chi connectivity index (χ0) is 21.0. The van der Waals surface area contributed by atoms with Gasteiger partial charge >= 0.3 is 5.63 Å². The number of carboxylic acids is 1. The Labute approximate surface area is 169 Å². The van der Waals surface area contributed by atoms with E-state index in [1.807, 2.05) is 13.0 Å². The molecule has 0 aliphatic heterocycles. The van der Waals surface area contributed by atoms with Gasteiger partial charge in [-0.25, -0.2) is 4.79 Å². The normalized spacial score (nSPS) is 20.2. The van der Waals surface area contributed by atoms with E-state index in [0.29, 0.717) is 37.1 Å². The van der Waals surface area contributed by atoms with Crippen LogP contribution in [0, 0.1) is 11.8 Å². The van der Waals surface area contributed by atoms with Crippen LogP contribution in [-0.2, 0) is 16.0 Å². The third kappa shape index (κ3) is 5.16. The molecule has 7 heteroatoms. The molecule has 1 heterocycles. The van der Waals surface area contributed by atoms with Crippen molar-refractivity contribution in [2.24, 2.45) is 11.8 Å². The van der Waals surface area contributed by atoms with Gasteiger partial charge in [-0.15, -0.1) is 0 Å². The topological polar surface area (TPSA) is 109 Å². The maximum Gasteiger partial charge on any atom is 0.336 e. The van der Waals surface area contributed by atoms with Crippen LogP contribution in [0.4, 0.5) is 0 Å². The minimum absolute atomic E-state index is 0.240. The van der Waals surface area contributed by atoms with E-state index in [4.69, 9.17) is 9.15 Å². The first-order valence-electron chi connectivity index (χ1n) is 10.1. The first-order valence-corrected chi connectivity index (χ1v) is 10.1. The maximum absolute atomic E-state index is 12.4. The van der Waals surface area contributed by atoms with Gasteiger partial charge in [-0.05, 0) is 68.6 Å². The van der Waals surface area contributed by atoms with Crippen molar-refractivity contribution in [1.29, 1.82) is 0 Å². The summed E-state index contributed by atoms with van der Waals surface area (Å²) in [5.74, 6) is -0.872. The molecule has 1 aromatic heterocycles. The fourth-order valence-electron chi connectivity index (χ4n) is 3.82. The first kappa shape index (κ1) is 20.9. The summed E-state index contributed by atoms with van der Waals surface area (Å²) in [6.07, 6.45) is 2.71. The van der Waals surface area contributed by atoms with Crippen LogP contribution in [0.2, 0.25) is 0 Å². The number of carbonyl (C=O) groups excluding carboxylic acids is 2. The number of benzene rings is 1. The average Bonchev–Trinajstić information content (AvgIpc) is 2.71. The largest absolute Gasteiger partial charge is 0.550 e. The summed E-state index contributed by atoms with van der Waals surface area (Å²) in [5, 5.41) is 14.6. The Hall–Kier alpha value is -2.83. The fourth-order valence-corrected chi connectivity index (χ4v) is 3.82. The molecule has 156 valence electrons. The SMILES string of the molecule is CCc1cc(=O)oc2cc(O[C@@H](C)C(=O)NCC3CCC(C(=O)[O-])CC3)ccc12. The molecule has 1 atom stereocenters. The highest BCUT2D eigenvalue weighted by atomic mass is 16.5. The Kier molecular flexibility index (Phi) is 6.56. The van der Waals surface area contributed by atoms with Crippen LogP contribution in [0.1, 0.15) is 45.1 Å². The van der Waals surface area contributed by atoms with Crippen LogP contribution in [0.5, 0.6) is 5.75 Å². The van der Waals surface area contributed by atoms with Gasteiger partial charge < -0.3 is 24.4 Å². The molecule has 1 amide bonds. The summed E-state index contributed by atoms with van der Waals surface area (Å²) in [5.41, 5.74) is 0.928. The van der Waals surface area contributed by atoms with Gasteiger partial charge in [0.15, 0.2) is 6.10 Å². The molecule has 1 N–H and O–H groups in total. The van der Waals surface area contributed by atoms with Crippen molar-refractivity contribution in [1.82, 2.24) is 5.32 Å².